The van der Waals surface area contributed by atoms with Gasteiger partial charge in [-0.1, -0.05) is 20.8 Å². The molecule has 0 aliphatic carbocycles. The average Bonchev–Trinajstić information content (AvgIpc) is 2.84. The van der Waals surface area contributed by atoms with Gasteiger partial charge in [-0.3, -0.25) is 4.79 Å². The predicted octanol–water partition coefficient (Wildman–Crippen LogP) is 2.27. The quantitative estimate of drug-likeness (QED) is 0.795. The second-order valence-corrected chi connectivity index (χ2v) is 4.64. The van der Waals surface area contributed by atoms with Crippen molar-refractivity contribution in [2.75, 3.05) is 0 Å². The Bertz CT molecular complexity index is 447. The van der Waals surface area contributed by atoms with Crippen molar-refractivity contribution in [3.8, 4) is 0 Å². The molecule has 0 spiro atoms. The van der Waals surface area contributed by atoms with Crippen LogP contribution in [0.3, 0.4) is 0 Å². The van der Waals surface area contributed by atoms with Crippen LogP contribution in [0.5, 0.6) is 0 Å². The maximum absolute atomic E-state index is 12.2. The molecule has 0 aliphatic heterocycles. The summed E-state index contributed by atoms with van der Waals surface area (Å²) in [6.07, 6.45) is 3.47. The van der Waals surface area contributed by atoms with Crippen LogP contribution in [-0.2, 0) is 11.3 Å². The number of aliphatic carboxylic acids is 1. The van der Waals surface area contributed by atoms with E-state index >= 15 is 0 Å². The van der Waals surface area contributed by atoms with Crippen LogP contribution in [0.25, 0.3) is 0 Å². The Morgan fingerprint density at radius 2 is 1.95 bits per heavy atom. The number of carboxylic acid groups (broad SMARTS) is 1. The molecule has 0 atom stereocenters. The number of aromatic nitrogens is 1. The van der Waals surface area contributed by atoms with Gasteiger partial charge in [-0.15, -0.1) is 0 Å². The molecule has 0 aromatic carbocycles. The topological polar surface area (TPSA) is 71.3 Å². The van der Waals surface area contributed by atoms with Gasteiger partial charge in [0, 0.05) is 12.7 Å². The van der Waals surface area contributed by atoms with Gasteiger partial charge in [-0.05, 0) is 31.4 Å². The molecule has 0 aliphatic rings. The lowest BCUT2D eigenvalue weighted by atomic mass is 9.93. The molecule has 0 saturated carbocycles. The Balaban J connectivity index is 2.94. The van der Waals surface area contributed by atoms with Crippen LogP contribution in [-0.4, -0.2) is 27.1 Å². The molecule has 106 valence electrons. The first kappa shape index (κ1) is 15.3. The second kappa shape index (κ2) is 6.41. The smallest absolute Gasteiger partial charge is 0.329 e. The molecule has 0 bridgehead atoms. The van der Waals surface area contributed by atoms with Crippen molar-refractivity contribution in [3.63, 3.8) is 0 Å². The molecule has 2 N–H and O–H groups in total. The van der Waals surface area contributed by atoms with Crippen molar-refractivity contribution in [1.82, 2.24) is 9.88 Å². The van der Waals surface area contributed by atoms with Crippen molar-refractivity contribution < 1.29 is 14.7 Å². The van der Waals surface area contributed by atoms with Crippen molar-refractivity contribution in [2.24, 2.45) is 0 Å². The van der Waals surface area contributed by atoms with Crippen LogP contribution in [0.1, 0.15) is 50.5 Å². The lowest BCUT2D eigenvalue weighted by molar-refractivity contribution is -0.144. The van der Waals surface area contributed by atoms with Crippen LogP contribution in [0, 0.1) is 0 Å². The summed E-state index contributed by atoms with van der Waals surface area (Å²) in [4.78, 5) is 23.6. The maximum atomic E-state index is 12.2. The standard InChI is InChI=1S/C14H22N2O3/c1-4-9-16-10-7-8-11(16)12(17)15-14(5-2,6-3)13(18)19/h7-8,10H,4-6,9H2,1-3H3,(H,15,17)(H,18,19). The third kappa shape index (κ3) is 3.16. The van der Waals surface area contributed by atoms with Crippen LogP contribution in [0.2, 0.25) is 0 Å². The van der Waals surface area contributed by atoms with Gasteiger partial charge in [-0.25, -0.2) is 4.79 Å². The summed E-state index contributed by atoms with van der Waals surface area (Å²) in [5.74, 6) is -1.32. The number of aryl methyl sites for hydroxylation is 1. The van der Waals surface area contributed by atoms with Gasteiger partial charge >= 0.3 is 5.97 Å². The normalized spacial score (nSPS) is 11.3. The molecule has 1 aromatic rings. The highest BCUT2D eigenvalue weighted by molar-refractivity contribution is 5.96. The summed E-state index contributed by atoms with van der Waals surface area (Å²) >= 11 is 0. The van der Waals surface area contributed by atoms with E-state index in [0.717, 1.165) is 13.0 Å². The minimum Gasteiger partial charge on any atom is -0.480 e. The minimum atomic E-state index is -1.18. The Kier molecular flexibility index (Phi) is 5.15. The van der Waals surface area contributed by atoms with Gasteiger partial charge in [0.2, 0.25) is 0 Å². The van der Waals surface area contributed by atoms with Gasteiger partial charge in [-0.2, -0.15) is 0 Å². The number of nitrogens with zero attached hydrogens (tertiary/aromatic N) is 1. The number of hydrogen-bond acceptors (Lipinski definition) is 2. The van der Waals surface area contributed by atoms with E-state index in [1.165, 1.54) is 0 Å². The first-order chi connectivity index (χ1) is 9.00. The molecule has 0 radical (unpaired) electrons. The zero-order valence-electron chi connectivity index (χ0n) is 11.8. The highest BCUT2D eigenvalue weighted by Gasteiger charge is 2.36. The van der Waals surface area contributed by atoms with Crippen LogP contribution < -0.4 is 5.32 Å². The highest BCUT2D eigenvalue weighted by atomic mass is 16.4. The third-order valence-electron chi connectivity index (χ3n) is 3.50. The summed E-state index contributed by atoms with van der Waals surface area (Å²) in [5.41, 5.74) is -0.673. The Morgan fingerprint density at radius 3 is 2.42 bits per heavy atom. The van der Waals surface area contributed by atoms with Crippen LogP contribution in [0.4, 0.5) is 0 Å². The number of rotatable bonds is 7. The van der Waals surface area contributed by atoms with E-state index < -0.39 is 11.5 Å². The van der Waals surface area contributed by atoms with Gasteiger partial charge in [0.15, 0.2) is 0 Å². The highest BCUT2D eigenvalue weighted by Crippen LogP contribution is 2.17. The molecule has 0 saturated heterocycles. The zero-order valence-corrected chi connectivity index (χ0v) is 11.8. The van der Waals surface area contributed by atoms with Gasteiger partial charge < -0.3 is 15.0 Å². The van der Waals surface area contributed by atoms with Crippen LogP contribution >= 0.6 is 0 Å². The first-order valence-corrected chi connectivity index (χ1v) is 6.71. The fourth-order valence-electron chi connectivity index (χ4n) is 2.12. The molecular weight excluding hydrogens is 244 g/mol. The second-order valence-electron chi connectivity index (χ2n) is 4.64. The van der Waals surface area contributed by atoms with E-state index in [9.17, 15) is 14.7 Å². The fourth-order valence-corrected chi connectivity index (χ4v) is 2.12. The molecule has 0 unspecified atom stereocenters. The average molecular weight is 266 g/mol. The number of carboxylic acids is 1. The summed E-state index contributed by atoms with van der Waals surface area (Å²) in [5, 5.41) is 12.0. The SMILES string of the molecule is CCCn1cccc1C(=O)NC(CC)(CC)C(=O)O. The molecule has 1 amide bonds. The van der Waals surface area contributed by atoms with Gasteiger partial charge in [0.1, 0.15) is 11.2 Å². The van der Waals surface area contributed by atoms with Crippen molar-refractivity contribution >= 4 is 11.9 Å². The first-order valence-electron chi connectivity index (χ1n) is 6.71. The number of nitrogens with one attached hydrogen (secondary N) is 1. The largest absolute Gasteiger partial charge is 0.480 e. The van der Waals surface area contributed by atoms with Crippen molar-refractivity contribution in [1.29, 1.82) is 0 Å². The molecule has 5 nitrogen and oxygen atoms in total. The summed E-state index contributed by atoms with van der Waals surface area (Å²) in [6.45, 7) is 6.31. The van der Waals surface area contributed by atoms with E-state index in [2.05, 4.69) is 5.32 Å². The zero-order chi connectivity index (χ0) is 14.5. The third-order valence-corrected chi connectivity index (χ3v) is 3.50. The minimum absolute atomic E-state index is 0.329. The molecule has 1 aromatic heterocycles. The maximum Gasteiger partial charge on any atom is 0.329 e. The van der Waals surface area contributed by atoms with Crippen molar-refractivity contribution in [2.45, 2.75) is 52.1 Å². The Morgan fingerprint density at radius 1 is 1.32 bits per heavy atom. The number of hydrogen-bond donors (Lipinski definition) is 2. The monoisotopic (exact) mass is 266 g/mol. The van der Waals surface area contributed by atoms with E-state index in [0.29, 0.717) is 18.5 Å². The molecule has 1 rings (SSSR count). The molecule has 1 heterocycles. The Labute approximate surface area is 113 Å². The molecular formula is C14H22N2O3. The Hall–Kier alpha value is -1.78. The fraction of sp³-hybridized carbons (Fsp3) is 0.571. The predicted molar refractivity (Wildman–Crippen MR) is 73.1 cm³/mol. The van der Waals surface area contributed by atoms with E-state index in [1.807, 2.05) is 17.7 Å². The summed E-state index contributed by atoms with van der Waals surface area (Å²) < 4.78 is 1.84. The van der Waals surface area contributed by atoms with E-state index in [-0.39, 0.29) is 5.91 Å². The molecule has 19 heavy (non-hydrogen) atoms. The lowest BCUT2D eigenvalue weighted by Gasteiger charge is -2.28. The number of amides is 1. The van der Waals surface area contributed by atoms with E-state index in [4.69, 9.17) is 0 Å². The van der Waals surface area contributed by atoms with Gasteiger partial charge in [0.25, 0.3) is 5.91 Å². The number of carbonyl (C=O) groups is 2. The summed E-state index contributed by atoms with van der Waals surface area (Å²) in [6, 6.07) is 3.51. The lowest BCUT2D eigenvalue weighted by Crippen LogP contribution is -2.54. The molecule has 0 fully saturated rings. The van der Waals surface area contributed by atoms with E-state index in [1.54, 1.807) is 26.0 Å². The molecule has 5 heteroatoms. The van der Waals surface area contributed by atoms with Crippen LogP contribution in [0.15, 0.2) is 18.3 Å². The van der Waals surface area contributed by atoms with Crippen molar-refractivity contribution in [3.05, 3.63) is 24.0 Å². The van der Waals surface area contributed by atoms with Gasteiger partial charge in [0.05, 0.1) is 0 Å². The number of carbonyl (C=O) groups excluding carboxylic acids is 1. The summed E-state index contributed by atoms with van der Waals surface area (Å²) in [7, 11) is 0.